The molecule has 7 heteroatoms. The number of rotatable bonds is 5. The molecule has 0 aliphatic carbocycles. The van der Waals surface area contributed by atoms with E-state index in [9.17, 15) is 18.7 Å². The van der Waals surface area contributed by atoms with Crippen LogP contribution < -0.4 is 5.32 Å². The number of aliphatic hydroxyl groups excluding tert-OH is 1. The smallest absolute Gasteiger partial charge is 0.257 e. The molecule has 0 saturated carbocycles. The first kappa shape index (κ1) is 17.8. The largest absolute Gasteiger partial charge is 0.385 e. The van der Waals surface area contributed by atoms with Crippen molar-refractivity contribution in [3.8, 4) is 11.3 Å². The summed E-state index contributed by atoms with van der Waals surface area (Å²) in [7, 11) is 1.35. The van der Waals surface area contributed by atoms with Crippen molar-refractivity contribution in [1.82, 2.24) is 10.5 Å². The second kappa shape index (κ2) is 7.45. The maximum atomic E-state index is 14.9. The molecule has 2 N–H and O–H groups in total. The maximum Gasteiger partial charge on any atom is 0.257 e. The highest BCUT2D eigenvalue weighted by atomic mass is 19.1. The Hall–Kier alpha value is -3.06. The highest BCUT2D eigenvalue weighted by Gasteiger charge is 2.34. The van der Waals surface area contributed by atoms with Crippen molar-refractivity contribution in [2.75, 3.05) is 7.05 Å². The molecule has 1 amide bonds. The number of nitrogens with one attached hydrogen (secondary N) is 1. The lowest BCUT2D eigenvalue weighted by molar-refractivity contribution is 0.0590. The van der Waals surface area contributed by atoms with E-state index in [1.807, 2.05) is 0 Å². The zero-order valence-electron chi connectivity index (χ0n) is 13.8. The second-order valence-electron chi connectivity index (χ2n) is 5.59. The Labute approximate surface area is 148 Å². The molecule has 0 bridgehead atoms. The Balaban J connectivity index is 2.08. The molecule has 3 rings (SSSR count). The standard InChI is InChI=1S/C19H16F2N2O3/c1-22-19(25)14-16(12-9-5-6-10-13(12)20)23-26-18(14)15(21)17(24)11-7-3-2-4-8-11/h2-10,15,17,24H,1H3,(H,22,25). The van der Waals surface area contributed by atoms with Gasteiger partial charge in [0, 0.05) is 12.6 Å². The zero-order valence-corrected chi connectivity index (χ0v) is 13.8. The third-order valence-corrected chi connectivity index (χ3v) is 3.97. The van der Waals surface area contributed by atoms with Crippen LogP contribution in [0, 0.1) is 5.82 Å². The molecule has 0 saturated heterocycles. The van der Waals surface area contributed by atoms with Crippen molar-refractivity contribution < 1.29 is 23.2 Å². The molecule has 0 radical (unpaired) electrons. The first-order valence-electron chi connectivity index (χ1n) is 7.88. The van der Waals surface area contributed by atoms with Gasteiger partial charge in [-0.1, -0.05) is 47.6 Å². The summed E-state index contributed by atoms with van der Waals surface area (Å²) in [5.41, 5.74) is -0.0605. The maximum absolute atomic E-state index is 14.9. The Morgan fingerprint density at radius 2 is 1.81 bits per heavy atom. The van der Waals surface area contributed by atoms with E-state index in [1.165, 1.54) is 25.2 Å². The Kier molecular flexibility index (Phi) is 5.09. The molecule has 2 atom stereocenters. The van der Waals surface area contributed by atoms with Gasteiger partial charge in [0.1, 0.15) is 23.2 Å². The van der Waals surface area contributed by atoms with Gasteiger partial charge < -0.3 is 14.9 Å². The first-order chi connectivity index (χ1) is 12.5. The molecule has 0 spiro atoms. The molecule has 5 nitrogen and oxygen atoms in total. The summed E-state index contributed by atoms with van der Waals surface area (Å²) in [6, 6.07) is 13.8. The first-order valence-corrected chi connectivity index (χ1v) is 7.88. The molecular formula is C19H16F2N2O3. The summed E-state index contributed by atoms with van der Waals surface area (Å²) in [5.74, 6) is -1.78. The summed E-state index contributed by atoms with van der Waals surface area (Å²) < 4.78 is 34.1. The van der Waals surface area contributed by atoms with Crippen LogP contribution in [0.3, 0.4) is 0 Å². The van der Waals surface area contributed by atoms with E-state index < -0.39 is 29.8 Å². The summed E-state index contributed by atoms with van der Waals surface area (Å²) in [6.45, 7) is 0. The topological polar surface area (TPSA) is 75.4 Å². The van der Waals surface area contributed by atoms with Crippen molar-refractivity contribution in [3.63, 3.8) is 0 Å². The molecule has 3 aromatic rings. The molecule has 26 heavy (non-hydrogen) atoms. The Morgan fingerprint density at radius 3 is 2.46 bits per heavy atom. The van der Waals surface area contributed by atoms with Crippen LogP contribution >= 0.6 is 0 Å². The lowest BCUT2D eigenvalue weighted by Gasteiger charge is -2.14. The number of nitrogens with zero attached hydrogens (tertiary/aromatic N) is 1. The molecule has 1 aromatic heterocycles. The molecule has 1 heterocycles. The van der Waals surface area contributed by atoms with Gasteiger partial charge in [-0.2, -0.15) is 0 Å². The van der Waals surface area contributed by atoms with Gasteiger partial charge in [-0.3, -0.25) is 4.79 Å². The van der Waals surface area contributed by atoms with Gasteiger partial charge in [0.15, 0.2) is 11.9 Å². The highest BCUT2D eigenvalue weighted by molar-refractivity contribution is 6.00. The monoisotopic (exact) mass is 358 g/mol. The van der Waals surface area contributed by atoms with E-state index in [4.69, 9.17) is 4.52 Å². The minimum absolute atomic E-state index is 0.00232. The summed E-state index contributed by atoms with van der Waals surface area (Å²) in [5, 5.41) is 16.3. The van der Waals surface area contributed by atoms with Crippen LogP contribution in [0.15, 0.2) is 59.1 Å². The Bertz CT molecular complexity index is 912. The van der Waals surface area contributed by atoms with Crippen molar-refractivity contribution >= 4 is 5.91 Å². The fourth-order valence-corrected chi connectivity index (χ4v) is 2.64. The lowest BCUT2D eigenvalue weighted by Crippen LogP contribution is -2.21. The average Bonchev–Trinajstić information content (AvgIpc) is 3.12. The highest BCUT2D eigenvalue weighted by Crippen LogP contribution is 2.38. The van der Waals surface area contributed by atoms with Crippen LogP contribution in [0.1, 0.15) is 34.0 Å². The summed E-state index contributed by atoms with van der Waals surface area (Å²) >= 11 is 0. The second-order valence-corrected chi connectivity index (χ2v) is 5.59. The number of alkyl halides is 1. The Morgan fingerprint density at radius 1 is 1.15 bits per heavy atom. The van der Waals surface area contributed by atoms with Crippen LogP contribution in [0.2, 0.25) is 0 Å². The quantitative estimate of drug-likeness (QED) is 0.731. The van der Waals surface area contributed by atoms with E-state index in [0.717, 1.165) is 0 Å². The van der Waals surface area contributed by atoms with Crippen LogP contribution in [0.4, 0.5) is 8.78 Å². The van der Waals surface area contributed by atoms with E-state index in [1.54, 1.807) is 36.4 Å². The number of aromatic nitrogens is 1. The average molecular weight is 358 g/mol. The van der Waals surface area contributed by atoms with Crippen LogP contribution in [0.25, 0.3) is 11.3 Å². The van der Waals surface area contributed by atoms with Crippen molar-refractivity contribution in [3.05, 3.63) is 77.3 Å². The van der Waals surface area contributed by atoms with Crippen LogP contribution in [-0.2, 0) is 0 Å². The fourth-order valence-electron chi connectivity index (χ4n) is 2.64. The normalized spacial score (nSPS) is 13.2. The van der Waals surface area contributed by atoms with Crippen molar-refractivity contribution in [2.24, 2.45) is 0 Å². The van der Waals surface area contributed by atoms with Gasteiger partial charge in [0.2, 0.25) is 0 Å². The SMILES string of the molecule is CNC(=O)c1c(-c2ccccc2F)noc1C(F)C(O)c1ccccc1. The molecule has 0 aliphatic heterocycles. The molecule has 0 aliphatic rings. The number of carbonyl (C=O) groups excluding carboxylic acids is 1. The van der Waals surface area contributed by atoms with Gasteiger partial charge in [0.25, 0.3) is 5.91 Å². The minimum atomic E-state index is -2.06. The molecular weight excluding hydrogens is 342 g/mol. The van der Waals surface area contributed by atoms with Gasteiger partial charge in [-0.05, 0) is 17.7 Å². The van der Waals surface area contributed by atoms with Crippen LogP contribution in [-0.4, -0.2) is 23.2 Å². The third kappa shape index (κ3) is 3.21. The third-order valence-electron chi connectivity index (χ3n) is 3.97. The summed E-state index contributed by atoms with van der Waals surface area (Å²) in [4.78, 5) is 12.3. The van der Waals surface area contributed by atoms with Gasteiger partial charge in [-0.15, -0.1) is 0 Å². The summed E-state index contributed by atoms with van der Waals surface area (Å²) in [6.07, 6.45) is -3.63. The number of aliphatic hydroxyl groups is 1. The predicted octanol–water partition coefficient (Wildman–Crippen LogP) is 3.58. The molecule has 134 valence electrons. The van der Waals surface area contributed by atoms with Crippen molar-refractivity contribution in [2.45, 2.75) is 12.3 Å². The number of hydrogen-bond acceptors (Lipinski definition) is 4. The number of halogens is 2. The fraction of sp³-hybridized carbons (Fsp3) is 0.158. The number of hydrogen-bond donors (Lipinski definition) is 2. The van der Waals surface area contributed by atoms with E-state index in [2.05, 4.69) is 10.5 Å². The van der Waals surface area contributed by atoms with E-state index in [0.29, 0.717) is 5.56 Å². The lowest BCUT2D eigenvalue weighted by atomic mass is 9.98. The van der Waals surface area contributed by atoms with Gasteiger partial charge >= 0.3 is 0 Å². The predicted molar refractivity (Wildman–Crippen MR) is 90.5 cm³/mol. The number of amides is 1. The molecule has 2 aromatic carbocycles. The van der Waals surface area contributed by atoms with Gasteiger partial charge in [0.05, 0.1) is 0 Å². The van der Waals surface area contributed by atoms with E-state index >= 15 is 0 Å². The van der Waals surface area contributed by atoms with Crippen molar-refractivity contribution in [1.29, 1.82) is 0 Å². The van der Waals surface area contributed by atoms with E-state index in [-0.39, 0.29) is 16.8 Å². The number of benzene rings is 2. The zero-order chi connectivity index (χ0) is 18.7. The molecule has 0 fully saturated rings. The number of carbonyl (C=O) groups is 1. The molecule has 2 unspecified atom stereocenters. The van der Waals surface area contributed by atoms with Gasteiger partial charge in [-0.25, -0.2) is 8.78 Å². The minimum Gasteiger partial charge on any atom is -0.385 e. The van der Waals surface area contributed by atoms with Crippen LogP contribution in [0.5, 0.6) is 0 Å².